The molecular weight excluding hydrogens is 660 g/mol. The Morgan fingerprint density at radius 2 is 0.981 bits per heavy atom. The van der Waals surface area contributed by atoms with Gasteiger partial charge in [0, 0.05) is 4.73 Å². The number of esters is 1. The number of ether oxygens (including phenoxy) is 3. The molecule has 1 aliphatic heterocycles. The van der Waals surface area contributed by atoms with E-state index < -0.39 is 36.1 Å². The molecule has 1 atom stereocenters. The van der Waals surface area contributed by atoms with Crippen LogP contribution in [0.2, 0.25) is 0 Å². The predicted molar refractivity (Wildman–Crippen MR) is 187 cm³/mol. The molecule has 10 heteroatoms. The van der Waals surface area contributed by atoms with Crippen molar-refractivity contribution in [1.29, 1.82) is 0 Å². The van der Waals surface area contributed by atoms with E-state index in [1.165, 1.54) is 24.4 Å². The van der Waals surface area contributed by atoms with Gasteiger partial charge in [0.25, 0.3) is 29.8 Å². The number of pyridine rings is 1. The quantitative estimate of drug-likeness (QED) is 0.0632. The Bertz CT molecular complexity index is 2080. The normalized spacial score (nSPS) is 12.9. The average molecular weight is 694 g/mol. The molecule has 1 N–H and O–H groups in total. The van der Waals surface area contributed by atoms with E-state index in [4.69, 9.17) is 19.0 Å². The highest BCUT2D eigenvalue weighted by Gasteiger charge is 2.44. The minimum atomic E-state index is -1.79. The zero-order valence-electron chi connectivity index (χ0n) is 27.9. The molecule has 5 aromatic carbocycles. The summed E-state index contributed by atoms with van der Waals surface area (Å²) < 4.78 is 19.2. The molecule has 10 nitrogen and oxygen atoms in total. The number of nitrogens with zero attached hydrogens (tertiary/aromatic N) is 2. The van der Waals surface area contributed by atoms with Gasteiger partial charge in [-0.25, -0.2) is 9.63 Å². The molecular formula is C42H33N2O8+. The van der Waals surface area contributed by atoms with Gasteiger partial charge in [-0.1, -0.05) is 133 Å². The van der Waals surface area contributed by atoms with E-state index in [-0.39, 0.29) is 28.3 Å². The lowest BCUT2D eigenvalue weighted by atomic mass is 10.0. The SMILES string of the molecule is COC(=O)C(ON1C(=O)c2ccccc2C1=O)c1cc(OC(c2ccccc2)c2ccccc2)c(OC(c2ccccc2)c2ccccc2)c[n+]1O. The third kappa shape index (κ3) is 6.83. The van der Waals surface area contributed by atoms with Crippen molar-refractivity contribution in [3.8, 4) is 11.5 Å². The van der Waals surface area contributed by atoms with Crippen LogP contribution < -0.4 is 14.2 Å². The van der Waals surface area contributed by atoms with E-state index in [0.717, 1.165) is 29.4 Å². The van der Waals surface area contributed by atoms with Crippen LogP contribution in [0.1, 0.15) is 67.0 Å². The van der Waals surface area contributed by atoms with E-state index in [2.05, 4.69) is 0 Å². The molecule has 258 valence electrons. The summed E-state index contributed by atoms with van der Waals surface area (Å²) in [5, 5.41) is 12.0. The van der Waals surface area contributed by atoms with Crippen molar-refractivity contribution in [3.63, 3.8) is 0 Å². The second-order valence-corrected chi connectivity index (χ2v) is 11.9. The number of carbonyl (C=O) groups excluding carboxylic acids is 3. The Morgan fingerprint density at radius 1 is 0.596 bits per heavy atom. The van der Waals surface area contributed by atoms with Gasteiger partial charge in [0.15, 0.2) is 5.75 Å². The number of amides is 2. The first-order valence-corrected chi connectivity index (χ1v) is 16.5. The van der Waals surface area contributed by atoms with Gasteiger partial charge < -0.3 is 14.2 Å². The van der Waals surface area contributed by atoms with Gasteiger partial charge in [-0.2, -0.15) is 0 Å². The summed E-state index contributed by atoms with van der Waals surface area (Å²) in [7, 11) is 1.13. The van der Waals surface area contributed by atoms with Crippen molar-refractivity contribution in [2.24, 2.45) is 0 Å². The van der Waals surface area contributed by atoms with Gasteiger partial charge in [-0.05, 0) is 34.4 Å². The third-order valence-corrected chi connectivity index (χ3v) is 8.58. The molecule has 0 saturated heterocycles. The maximum atomic E-state index is 13.4. The number of hydroxylamine groups is 2. The lowest BCUT2D eigenvalue weighted by Gasteiger charge is -2.25. The van der Waals surface area contributed by atoms with E-state index in [1.54, 1.807) is 12.1 Å². The summed E-state index contributed by atoms with van der Waals surface area (Å²) in [5.41, 5.74) is 3.31. The number of aromatic nitrogens is 1. The van der Waals surface area contributed by atoms with Crippen molar-refractivity contribution in [2.75, 3.05) is 7.11 Å². The first kappa shape index (κ1) is 33.7. The summed E-state index contributed by atoms with van der Waals surface area (Å²) in [6.07, 6.45) is -1.86. The molecule has 6 aromatic rings. The fourth-order valence-electron chi connectivity index (χ4n) is 6.01. The Morgan fingerprint density at radius 3 is 1.38 bits per heavy atom. The topological polar surface area (TPSA) is 115 Å². The van der Waals surface area contributed by atoms with Crippen LogP contribution in [0.5, 0.6) is 11.5 Å². The van der Waals surface area contributed by atoms with E-state index >= 15 is 0 Å². The second-order valence-electron chi connectivity index (χ2n) is 11.9. The van der Waals surface area contributed by atoms with Crippen LogP contribution in [0.4, 0.5) is 0 Å². The number of hydrogen-bond acceptors (Lipinski definition) is 8. The van der Waals surface area contributed by atoms with Crippen molar-refractivity contribution in [1.82, 2.24) is 5.06 Å². The third-order valence-electron chi connectivity index (χ3n) is 8.58. The summed E-state index contributed by atoms with van der Waals surface area (Å²) in [6.45, 7) is 0. The minimum absolute atomic E-state index is 0.113. The van der Waals surface area contributed by atoms with Crippen LogP contribution in [0.3, 0.4) is 0 Å². The van der Waals surface area contributed by atoms with Crippen LogP contribution in [-0.2, 0) is 14.4 Å². The van der Waals surface area contributed by atoms with Crippen LogP contribution in [0.25, 0.3) is 0 Å². The molecule has 1 unspecified atom stereocenters. The molecule has 1 aromatic heterocycles. The maximum Gasteiger partial charge on any atom is 0.349 e. The molecule has 0 saturated carbocycles. The molecule has 52 heavy (non-hydrogen) atoms. The number of methoxy groups -OCH3 is 1. The fourth-order valence-corrected chi connectivity index (χ4v) is 6.01. The fraction of sp³-hybridized carbons (Fsp3) is 0.0952. The molecule has 0 spiro atoms. The lowest BCUT2D eigenvalue weighted by Crippen LogP contribution is -2.43. The largest absolute Gasteiger partial charge is 0.477 e. The van der Waals surface area contributed by atoms with Crippen molar-refractivity contribution < 1.29 is 43.4 Å². The Labute approximate surface area is 299 Å². The van der Waals surface area contributed by atoms with Gasteiger partial charge in [-0.15, -0.1) is 5.06 Å². The van der Waals surface area contributed by atoms with Crippen LogP contribution >= 0.6 is 0 Å². The smallest absolute Gasteiger partial charge is 0.349 e. The Hall–Kier alpha value is -6.78. The molecule has 0 fully saturated rings. The first-order chi connectivity index (χ1) is 25.4. The van der Waals surface area contributed by atoms with Crippen LogP contribution in [-0.4, -0.2) is 35.2 Å². The molecule has 0 aliphatic carbocycles. The number of benzene rings is 5. The predicted octanol–water partition coefficient (Wildman–Crippen LogP) is 6.99. The molecule has 0 bridgehead atoms. The highest BCUT2D eigenvalue weighted by atomic mass is 16.7. The standard InChI is InChI=1S/C42H33N2O8/c1-49-42(47)39(52-44-40(45)32-24-14-15-25-33(32)41(44)46)34-26-35(50-37(28-16-6-2-7-17-28)29-18-8-3-9-19-29)36(27-43(34)48)51-38(30-20-10-4-11-21-30)31-22-12-5-13-23-31/h2-27,37-39,48H,1H3/q+1. The zero-order valence-corrected chi connectivity index (χ0v) is 27.9. The number of fused-ring (bicyclic) bond motifs is 1. The zero-order chi connectivity index (χ0) is 36.0. The van der Waals surface area contributed by atoms with E-state index in [1.807, 2.05) is 121 Å². The van der Waals surface area contributed by atoms with E-state index in [0.29, 0.717) is 9.79 Å². The summed E-state index contributed by atoms with van der Waals surface area (Å²) >= 11 is 0. The first-order valence-electron chi connectivity index (χ1n) is 16.5. The van der Waals surface area contributed by atoms with Gasteiger partial charge in [0.2, 0.25) is 5.75 Å². The van der Waals surface area contributed by atoms with Crippen molar-refractivity contribution >= 4 is 17.8 Å². The molecule has 0 radical (unpaired) electrons. The summed E-state index contributed by atoms with van der Waals surface area (Å²) in [5.74, 6) is -2.29. The Kier molecular flexibility index (Phi) is 9.72. The van der Waals surface area contributed by atoms with Gasteiger partial charge in [0.05, 0.1) is 24.3 Å². The monoisotopic (exact) mass is 693 g/mol. The number of carbonyl (C=O) groups is 3. The second kappa shape index (κ2) is 15.0. The molecule has 2 heterocycles. The lowest BCUT2D eigenvalue weighted by molar-refractivity contribution is -0.911. The molecule has 1 aliphatic rings. The van der Waals surface area contributed by atoms with Crippen molar-refractivity contribution in [3.05, 3.63) is 197 Å². The Balaban J connectivity index is 1.36. The molecule has 2 amide bonds. The maximum absolute atomic E-state index is 13.4. The van der Waals surface area contributed by atoms with Gasteiger partial charge in [-0.3, -0.25) is 14.8 Å². The molecule has 7 rings (SSSR count). The van der Waals surface area contributed by atoms with E-state index in [9.17, 15) is 19.6 Å². The average Bonchev–Trinajstić information content (AvgIpc) is 3.44. The van der Waals surface area contributed by atoms with Gasteiger partial charge >= 0.3 is 5.97 Å². The van der Waals surface area contributed by atoms with Crippen LogP contribution in [0.15, 0.2) is 158 Å². The highest BCUT2D eigenvalue weighted by molar-refractivity contribution is 6.20. The number of rotatable bonds is 12. The summed E-state index contributed by atoms with van der Waals surface area (Å²) in [6, 6.07) is 45.8. The van der Waals surface area contributed by atoms with Crippen molar-refractivity contribution in [2.45, 2.75) is 18.3 Å². The minimum Gasteiger partial charge on any atom is -0.477 e. The number of imide groups is 1. The van der Waals surface area contributed by atoms with Crippen LogP contribution in [0, 0.1) is 0 Å². The highest BCUT2D eigenvalue weighted by Crippen LogP contribution is 2.39. The van der Waals surface area contributed by atoms with Gasteiger partial charge in [0.1, 0.15) is 12.2 Å². The number of hydrogen-bond donors (Lipinski definition) is 1. The summed E-state index contributed by atoms with van der Waals surface area (Å²) in [4.78, 5) is 45.7.